The molecule has 2 aliphatic rings. The van der Waals surface area contributed by atoms with Gasteiger partial charge in [-0.25, -0.2) is 0 Å². The molecular weight excluding hydrogens is 350 g/mol. The number of hydrogen-bond acceptors (Lipinski definition) is 5. The van der Waals surface area contributed by atoms with Crippen molar-refractivity contribution < 1.29 is 17.3 Å². The molecule has 0 radical (unpaired) electrons. The first-order valence-corrected chi connectivity index (χ1v) is 10.3. The van der Waals surface area contributed by atoms with Crippen LogP contribution in [0, 0.1) is 0 Å². The maximum absolute atomic E-state index is 12.8. The van der Waals surface area contributed by atoms with Crippen molar-refractivity contribution in [3.8, 4) is 11.5 Å². The lowest BCUT2D eigenvalue weighted by molar-refractivity contribution is 0.0845. The van der Waals surface area contributed by atoms with Gasteiger partial charge in [0.25, 0.3) is 0 Å². The lowest BCUT2D eigenvalue weighted by Crippen LogP contribution is -2.32. The van der Waals surface area contributed by atoms with E-state index in [0.29, 0.717) is 5.75 Å². The van der Waals surface area contributed by atoms with E-state index < -0.39 is 10.1 Å². The van der Waals surface area contributed by atoms with Crippen molar-refractivity contribution in [3.63, 3.8) is 0 Å². The van der Waals surface area contributed by atoms with Crippen LogP contribution in [0.25, 0.3) is 0 Å². The molecule has 2 aliphatic heterocycles. The zero-order valence-electron chi connectivity index (χ0n) is 15.0. The minimum Gasteiger partial charge on any atom is -0.488 e. The fourth-order valence-electron chi connectivity index (χ4n) is 3.53. The van der Waals surface area contributed by atoms with E-state index in [0.717, 1.165) is 54.8 Å². The van der Waals surface area contributed by atoms with Crippen LogP contribution in [0.2, 0.25) is 0 Å². The van der Waals surface area contributed by atoms with Crippen molar-refractivity contribution in [1.29, 1.82) is 0 Å². The van der Waals surface area contributed by atoms with Crippen molar-refractivity contribution in [3.05, 3.63) is 53.1 Å². The summed E-state index contributed by atoms with van der Waals surface area (Å²) in [5, 5.41) is 3.28. The van der Waals surface area contributed by atoms with Crippen LogP contribution in [-0.2, 0) is 29.5 Å². The molecule has 2 aromatic rings. The molecule has 0 saturated carbocycles. The Morgan fingerprint density at radius 2 is 1.96 bits per heavy atom. The highest BCUT2D eigenvalue weighted by Crippen LogP contribution is 2.35. The molecule has 0 unspecified atom stereocenters. The molecule has 6 heteroatoms. The van der Waals surface area contributed by atoms with E-state index >= 15 is 0 Å². The number of benzene rings is 2. The number of aryl methyl sites for hydroxylation is 1. The van der Waals surface area contributed by atoms with Crippen molar-refractivity contribution in [2.75, 3.05) is 6.54 Å². The first-order valence-electron chi connectivity index (χ1n) is 8.92. The molecule has 26 heavy (non-hydrogen) atoms. The van der Waals surface area contributed by atoms with Gasteiger partial charge in [-0.05, 0) is 75.0 Å². The highest BCUT2D eigenvalue weighted by atomic mass is 32.2. The topological polar surface area (TPSA) is 64.6 Å². The molecule has 5 nitrogen and oxygen atoms in total. The van der Waals surface area contributed by atoms with Gasteiger partial charge in [-0.15, -0.1) is 0 Å². The Balaban J connectivity index is 1.64. The summed E-state index contributed by atoms with van der Waals surface area (Å²) in [5.74, 6) is 1.18. The van der Waals surface area contributed by atoms with Gasteiger partial charge in [0, 0.05) is 12.1 Å². The molecule has 138 valence electrons. The van der Waals surface area contributed by atoms with Gasteiger partial charge in [0.1, 0.15) is 22.0 Å². The Hall–Kier alpha value is -2.05. The second-order valence-electron chi connectivity index (χ2n) is 7.49. The Labute approximate surface area is 154 Å². The maximum Gasteiger partial charge on any atom is 0.339 e. The average Bonchev–Trinajstić information content (AvgIpc) is 2.60. The summed E-state index contributed by atoms with van der Waals surface area (Å²) in [5.41, 5.74) is 2.75. The fourth-order valence-corrected chi connectivity index (χ4v) is 4.54. The largest absolute Gasteiger partial charge is 0.488 e. The van der Waals surface area contributed by atoms with Crippen LogP contribution in [0.5, 0.6) is 11.5 Å². The molecule has 0 amide bonds. The van der Waals surface area contributed by atoms with Crippen LogP contribution in [0.3, 0.4) is 0 Å². The van der Waals surface area contributed by atoms with Gasteiger partial charge in [0.15, 0.2) is 0 Å². The highest BCUT2D eigenvalue weighted by molar-refractivity contribution is 7.87. The summed E-state index contributed by atoms with van der Waals surface area (Å²) in [7, 11) is -3.89. The van der Waals surface area contributed by atoms with Gasteiger partial charge < -0.3 is 14.2 Å². The van der Waals surface area contributed by atoms with Gasteiger partial charge in [0.2, 0.25) is 0 Å². The molecule has 1 N–H and O–H groups in total. The van der Waals surface area contributed by atoms with Crippen molar-refractivity contribution in [2.45, 2.75) is 50.2 Å². The van der Waals surface area contributed by atoms with Gasteiger partial charge in [0.05, 0.1) is 0 Å². The van der Waals surface area contributed by atoms with Crippen molar-refractivity contribution in [2.24, 2.45) is 0 Å². The molecule has 0 saturated heterocycles. The van der Waals surface area contributed by atoms with Crippen LogP contribution in [0.1, 0.15) is 37.0 Å². The average molecular weight is 373 g/mol. The van der Waals surface area contributed by atoms with Gasteiger partial charge in [-0.2, -0.15) is 8.42 Å². The van der Waals surface area contributed by atoms with E-state index in [1.54, 1.807) is 24.3 Å². The Kier molecular flexibility index (Phi) is 4.20. The predicted molar refractivity (Wildman–Crippen MR) is 99.1 cm³/mol. The standard InChI is InChI=1S/C20H23NO4S/c1-20(2)10-8-14-12-16(6-7-18(14)24-20)26(22,23)25-19-5-3-4-15-13-21-11-9-17(15)19/h3-7,12,21H,8-11,13H2,1-2H3. The molecule has 0 aliphatic carbocycles. The second kappa shape index (κ2) is 6.28. The summed E-state index contributed by atoms with van der Waals surface area (Å²) in [6.07, 6.45) is 2.40. The van der Waals surface area contributed by atoms with E-state index in [-0.39, 0.29) is 10.5 Å². The number of ether oxygens (including phenoxy) is 1. The van der Waals surface area contributed by atoms with E-state index in [2.05, 4.69) is 5.32 Å². The molecule has 2 heterocycles. The number of nitrogens with one attached hydrogen (secondary N) is 1. The molecule has 0 fully saturated rings. The SMILES string of the molecule is CC1(C)CCc2cc(S(=O)(=O)Oc3cccc4c3CCNC4)ccc2O1. The maximum atomic E-state index is 12.8. The van der Waals surface area contributed by atoms with Gasteiger partial charge >= 0.3 is 10.1 Å². The molecular formula is C20H23NO4S. The zero-order chi connectivity index (χ0) is 18.4. The van der Waals surface area contributed by atoms with Gasteiger partial charge in [-0.3, -0.25) is 0 Å². The van der Waals surface area contributed by atoms with E-state index in [4.69, 9.17) is 8.92 Å². The van der Waals surface area contributed by atoms with Crippen LogP contribution < -0.4 is 14.2 Å². The van der Waals surface area contributed by atoms with Crippen molar-refractivity contribution >= 4 is 10.1 Å². The first kappa shape index (κ1) is 17.4. The Morgan fingerprint density at radius 3 is 2.81 bits per heavy atom. The normalized spacial score (nSPS) is 18.4. The third kappa shape index (κ3) is 3.31. The number of rotatable bonds is 3. The first-order chi connectivity index (χ1) is 12.3. The zero-order valence-corrected chi connectivity index (χ0v) is 15.9. The van der Waals surface area contributed by atoms with Crippen LogP contribution >= 0.6 is 0 Å². The van der Waals surface area contributed by atoms with E-state index in [1.807, 2.05) is 26.0 Å². The van der Waals surface area contributed by atoms with Crippen LogP contribution in [0.15, 0.2) is 41.3 Å². The molecule has 2 aromatic carbocycles. The minimum absolute atomic E-state index is 0.172. The quantitative estimate of drug-likeness (QED) is 0.837. The van der Waals surface area contributed by atoms with Crippen LogP contribution in [0.4, 0.5) is 0 Å². The summed E-state index contributed by atoms with van der Waals surface area (Å²) >= 11 is 0. The third-order valence-corrected chi connectivity index (χ3v) is 6.23. The smallest absolute Gasteiger partial charge is 0.339 e. The number of fused-ring (bicyclic) bond motifs is 2. The lowest BCUT2D eigenvalue weighted by atomic mass is 9.94. The molecule has 0 spiro atoms. The van der Waals surface area contributed by atoms with Gasteiger partial charge in [-0.1, -0.05) is 12.1 Å². The highest BCUT2D eigenvalue weighted by Gasteiger charge is 2.28. The monoisotopic (exact) mass is 373 g/mol. The third-order valence-electron chi connectivity index (χ3n) is 5.00. The van der Waals surface area contributed by atoms with E-state index in [9.17, 15) is 8.42 Å². The van der Waals surface area contributed by atoms with E-state index in [1.165, 1.54) is 0 Å². The lowest BCUT2D eigenvalue weighted by Gasteiger charge is -2.32. The Bertz CT molecular complexity index is 950. The summed E-state index contributed by atoms with van der Waals surface area (Å²) in [6.45, 7) is 5.63. The summed E-state index contributed by atoms with van der Waals surface area (Å²) in [6, 6.07) is 10.5. The summed E-state index contributed by atoms with van der Waals surface area (Å²) in [4.78, 5) is 0.172. The number of hydrogen-bond donors (Lipinski definition) is 1. The molecule has 0 aromatic heterocycles. The summed E-state index contributed by atoms with van der Waals surface area (Å²) < 4.78 is 37.1. The minimum atomic E-state index is -3.89. The molecule has 0 bridgehead atoms. The predicted octanol–water partition coefficient (Wildman–Crippen LogP) is 3.20. The molecule has 4 rings (SSSR count). The fraction of sp³-hybridized carbons (Fsp3) is 0.400. The Morgan fingerprint density at radius 1 is 1.12 bits per heavy atom. The molecule has 0 atom stereocenters. The second-order valence-corrected chi connectivity index (χ2v) is 9.04. The van der Waals surface area contributed by atoms with Crippen LogP contribution in [-0.4, -0.2) is 20.6 Å². The van der Waals surface area contributed by atoms with Crippen molar-refractivity contribution in [1.82, 2.24) is 5.32 Å².